The summed E-state index contributed by atoms with van der Waals surface area (Å²) in [6.45, 7) is 7.11. The van der Waals surface area contributed by atoms with E-state index in [0.29, 0.717) is 0 Å². The van der Waals surface area contributed by atoms with Crippen molar-refractivity contribution in [2.45, 2.75) is 38.0 Å². The molecule has 5 aromatic carbocycles. The number of anilines is 1. The average molecular weight is 534 g/mol. The molecular formula is C39H37N2+. The lowest BCUT2D eigenvalue weighted by Crippen LogP contribution is -2.29. The predicted molar refractivity (Wildman–Crippen MR) is 175 cm³/mol. The summed E-state index contributed by atoms with van der Waals surface area (Å²) < 4.78 is 2.40. The molecule has 0 aromatic heterocycles. The van der Waals surface area contributed by atoms with Crippen molar-refractivity contribution in [2.24, 2.45) is 0 Å². The van der Waals surface area contributed by atoms with E-state index in [0.717, 1.165) is 6.42 Å². The van der Waals surface area contributed by atoms with Crippen LogP contribution in [0.4, 0.5) is 11.4 Å². The van der Waals surface area contributed by atoms with Crippen molar-refractivity contribution < 1.29 is 4.58 Å². The lowest BCUT2D eigenvalue weighted by atomic mass is 9.76. The zero-order valence-electron chi connectivity index (χ0n) is 24.6. The highest BCUT2D eigenvalue weighted by Gasteiger charge is 2.45. The first-order valence-electron chi connectivity index (χ1n) is 14.6. The van der Waals surface area contributed by atoms with E-state index in [9.17, 15) is 0 Å². The van der Waals surface area contributed by atoms with Gasteiger partial charge < -0.3 is 4.90 Å². The molecule has 0 N–H and O–H groups in total. The van der Waals surface area contributed by atoms with E-state index in [1.807, 2.05) is 0 Å². The fourth-order valence-corrected chi connectivity index (χ4v) is 7.52. The Hall–Kier alpha value is -4.43. The van der Waals surface area contributed by atoms with Gasteiger partial charge in [-0.05, 0) is 61.2 Å². The maximum Gasteiger partial charge on any atom is 0.217 e. The lowest BCUT2D eigenvalue weighted by Gasteiger charge is -2.29. The second-order valence-electron chi connectivity index (χ2n) is 12.4. The van der Waals surface area contributed by atoms with Crippen LogP contribution < -0.4 is 4.90 Å². The first kappa shape index (κ1) is 25.5. The van der Waals surface area contributed by atoms with Gasteiger partial charge in [-0.2, -0.15) is 4.58 Å². The van der Waals surface area contributed by atoms with Crippen LogP contribution >= 0.6 is 0 Å². The van der Waals surface area contributed by atoms with Crippen molar-refractivity contribution in [1.29, 1.82) is 0 Å². The Morgan fingerprint density at radius 1 is 0.707 bits per heavy atom. The van der Waals surface area contributed by atoms with E-state index in [-0.39, 0.29) is 10.8 Å². The molecule has 2 heteroatoms. The number of hydrogen-bond acceptors (Lipinski definition) is 1. The molecule has 0 saturated heterocycles. The predicted octanol–water partition coefficient (Wildman–Crippen LogP) is 9.09. The van der Waals surface area contributed by atoms with Crippen molar-refractivity contribution in [1.82, 2.24) is 0 Å². The van der Waals surface area contributed by atoms with Crippen molar-refractivity contribution in [3.05, 3.63) is 144 Å². The summed E-state index contributed by atoms with van der Waals surface area (Å²) in [5.74, 6) is 0. The Labute approximate surface area is 243 Å². The Bertz CT molecular complexity index is 1920. The number of hydrogen-bond donors (Lipinski definition) is 0. The minimum atomic E-state index is -0.152. The zero-order chi connectivity index (χ0) is 28.4. The van der Waals surface area contributed by atoms with E-state index in [4.69, 9.17) is 0 Å². The summed E-state index contributed by atoms with van der Waals surface area (Å²) in [6, 6.07) is 37.6. The summed E-state index contributed by atoms with van der Waals surface area (Å²) in [6.07, 6.45) is 7.92. The first-order chi connectivity index (χ1) is 19.8. The normalized spacial score (nSPS) is 20.5. The molecule has 0 fully saturated rings. The zero-order valence-corrected chi connectivity index (χ0v) is 24.6. The molecule has 1 unspecified atom stereocenters. The van der Waals surface area contributed by atoms with Gasteiger partial charge in [0.15, 0.2) is 5.71 Å². The van der Waals surface area contributed by atoms with E-state index >= 15 is 0 Å². The SMILES string of the molecule is CN1C(=CC=CC2=[N+](C)c3c(ccc4ccccc34)C2(C)C)C(C)(Cc2ccccc2)c2ccc3ccccc3c21. The molecule has 2 aliphatic rings. The van der Waals surface area contributed by atoms with E-state index < -0.39 is 0 Å². The Morgan fingerprint density at radius 2 is 1.32 bits per heavy atom. The van der Waals surface area contributed by atoms with Crippen LogP contribution in [-0.4, -0.2) is 24.4 Å². The fourth-order valence-electron chi connectivity index (χ4n) is 7.52. The quantitative estimate of drug-likeness (QED) is 0.209. The highest BCUT2D eigenvalue weighted by Crippen LogP contribution is 2.52. The van der Waals surface area contributed by atoms with Gasteiger partial charge in [-0.1, -0.05) is 103 Å². The molecule has 7 rings (SSSR count). The van der Waals surface area contributed by atoms with Crippen LogP contribution in [0.3, 0.4) is 0 Å². The number of likely N-dealkylation sites (N-methyl/N-ethyl adjacent to an activating group) is 1. The monoisotopic (exact) mass is 533 g/mol. The van der Waals surface area contributed by atoms with Gasteiger partial charge in [0.2, 0.25) is 5.69 Å². The molecule has 202 valence electrons. The van der Waals surface area contributed by atoms with Crippen molar-refractivity contribution in [3.8, 4) is 0 Å². The molecule has 0 spiro atoms. The maximum atomic E-state index is 2.43. The third kappa shape index (κ3) is 3.81. The Kier molecular flexibility index (Phi) is 5.80. The lowest BCUT2D eigenvalue weighted by molar-refractivity contribution is -0.399. The summed E-state index contributed by atoms with van der Waals surface area (Å²) in [7, 11) is 4.46. The second-order valence-corrected chi connectivity index (χ2v) is 12.4. The van der Waals surface area contributed by atoms with Crippen molar-refractivity contribution >= 4 is 38.6 Å². The number of benzene rings is 5. The summed E-state index contributed by atoms with van der Waals surface area (Å²) in [5.41, 5.74) is 9.19. The summed E-state index contributed by atoms with van der Waals surface area (Å²) >= 11 is 0. The van der Waals surface area contributed by atoms with E-state index in [1.165, 1.54) is 61.0 Å². The van der Waals surface area contributed by atoms with Crippen LogP contribution in [-0.2, 0) is 17.3 Å². The molecule has 0 amide bonds. The maximum absolute atomic E-state index is 2.43. The third-order valence-corrected chi connectivity index (χ3v) is 9.58. The largest absolute Gasteiger partial charge is 0.347 e. The molecule has 2 nitrogen and oxygen atoms in total. The number of rotatable bonds is 4. The van der Waals surface area contributed by atoms with Crippen LogP contribution in [0.2, 0.25) is 0 Å². The van der Waals surface area contributed by atoms with Crippen molar-refractivity contribution in [3.63, 3.8) is 0 Å². The molecule has 1 atom stereocenters. The van der Waals surface area contributed by atoms with Gasteiger partial charge in [0.1, 0.15) is 7.05 Å². The fraction of sp³-hybridized carbons (Fsp3) is 0.205. The van der Waals surface area contributed by atoms with Crippen LogP contribution in [0.1, 0.15) is 37.5 Å². The molecule has 41 heavy (non-hydrogen) atoms. The highest BCUT2D eigenvalue weighted by atomic mass is 15.2. The minimum absolute atomic E-state index is 0.0861. The molecular weight excluding hydrogens is 496 g/mol. The Morgan fingerprint density at radius 3 is 2.05 bits per heavy atom. The smallest absolute Gasteiger partial charge is 0.217 e. The van der Waals surface area contributed by atoms with Gasteiger partial charge in [0.25, 0.3) is 0 Å². The van der Waals surface area contributed by atoms with Crippen LogP contribution in [0.15, 0.2) is 127 Å². The second kappa shape index (κ2) is 9.31. The molecule has 2 aliphatic heterocycles. The summed E-state index contributed by atoms with van der Waals surface area (Å²) in [5, 5.41) is 5.20. The average Bonchev–Trinajstić information content (AvgIpc) is 3.32. The van der Waals surface area contributed by atoms with Crippen molar-refractivity contribution in [2.75, 3.05) is 19.0 Å². The van der Waals surface area contributed by atoms with E-state index in [2.05, 4.69) is 166 Å². The van der Waals surface area contributed by atoms with Gasteiger partial charge in [-0.3, -0.25) is 0 Å². The van der Waals surface area contributed by atoms with Gasteiger partial charge >= 0.3 is 0 Å². The number of fused-ring (bicyclic) bond motifs is 6. The van der Waals surface area contributed by atoms with Crippen LogP contribution in [0.5, 0.6) is 0 Å². The number of nitrogens with zero attached hydrogens (tertiary/aromatic N) is 2. The van der Waals surface area contributed by atoms with Gasteiger partial charge in [-0.15, -0.1) is 0 Å². The van der Waals surface area contributed by atoms with Crippen LogP contribution in [0, 0.1) is 0 Å². The molecule has 2 heterocycles. The molecule has 5 aromatic rings. The molecule has 0 bridgehead atoms. The standard InChI is InChI=1S/C39H37N2/c1-38(2)32-24-22-28-16-9-11-18-30(28)36(32)40(4)34(38)20-13-21-35-39(3,26-27-14-7-6-8-15-27)33-25-23-29-17-10-12-19-31(29)37(33)41(35)5/h6-25H,26H2,1-5H3/q+1. The minimum Gasteiger partial charge on any atom is -0.347 e. The summed E-state index contributed by atoms with van der Waals surface area (Å²) in [4.78, 5) is 2.43. The Balaban J connectivity index is 1.35. The van der Waals surface area contributed by atoms with Gasteiger partial charge in [-0.25, -0.2) is 0 Å². The first-order valence-corrected chi connectivity index (χ1v) is 14.6. The van der Waals surface area contributed by atoms with Crippen LogP contribution in [0.25, 0.3) is 21.5 Å². The van der Waals surface area contributed by atoms with E-state index in [1.54, 1.807) is 0 Å². The molecule has 0 radical (unpaired) electrons. The molecule has 0 aliphatic carbocycles. The van der Waals surface area contributed by atoms with Gasteiger partial charge in [0.05, 0.1) is 16.5 Å². The molecule has 0 saturated carbocycles. The van der Waals surface area contributed by atoms with Gasteiger partial charge in [0, 0.05) is 35.2 Å². The topological polar surface area (TPSA) is 6.25 Å². The highest BCUT2D eigenvalue weighted by molar-refractivity contribution is 6.07. The third-order valence-electron chi connectivity index (χ3n) is 9.58. The number of allylic oxidation sites excluding steroid dienone is 4.